The zero-order chi connectivity index (χ0) is 12.0. The predicted octanol–water partition coefficient (Wildman–Crippen LogP) is -0.0919. The molecule has 1 unspecified atom stereocenters. The molecule has 0 radical (unpaired) electrons. The summed E-state index contributed by atoms with van der Waals surface area (Å²) in [6.45, 7) is 1.32. The summed E-state index contributed by atoms with van der Waals surface area (Å²) in [7, 11) is 7.51. The minimum Gasteiger partial charge on any atom is -0.383 e. The van der Waals surface area contributed by atoms with Crippen LogP contribution in [0.25, 0.3) is 0 Å². The lowest BCUT2D eigenvalue weighted by Crippen LogP contribution is -2.32. The van der Waals surface area contributed by atoms with E-state index in [0.717, 1.165) is 0 Å². The molecule has 0 aliphatic heterocycles. The summed E-state index contributed by atoms with van der Waals surface area (Å²) in [4.78, 5) is 6.30. The lowest BCUT2D eigenvalue weighted by Gasteiger charge is -2.11. The molecule has 0 aliphatic rings. The van der Waals surface area contributed by atoms with E-state index < -0.39 is 0 Å². The van der Waals surface area contributed by atoms with Crippen molar-refractivity contribution in [3.05, 3.63) is 11.7 Å². The van der Waals surface area contributed by atoms with Crippen LogP contribution in [0.4, 0.5) is 0 Å². The normalized spacial score (nSPS) is 13.3. The van der Waals surface area contributed by atoms with E-state index in [0.29, 0.717) is 31.3 Å². The first kappa shape index (κ1) is 13.1. The topological polar surface area (TPSA) is 63.4 Å². The Labute approximate surface area is 96.0 Å². The quantitative estimate of drug-likeness (QED) is 0.703. The summed E-state index contributed by atoms with van der Waals surface area (Å²) >= 11 is 0. The molecule has 92 valence electrons. The molecule has 0 spiro atoms. The third-order valence-corrected chi connectivity index (χ3v) is 2.16. The summed E-state index contributed by atoms with van der Waals surface area (Å²) in [5.41, 5.74) is 0. The van der Waals surface area contributed by atoms with Crippen LogP contribution in [-0.4, -0.2) is 55.9 Å². The van der Waals surface area contributed by atoms with E-state index in [1.165, 1.54) is 0 Å². The molecule has 6 heteroatoms. The van der Waals surface area contributed by atoms with Crippen molar-refractivity contribution in [2.24, 2.45) is 0 Å². The fourth-order valence-corrected chi connectivity index (χ4v) is 1.38. The summed E-state index contributed by atoms with van der Waals surface area (Å²) < 4.78 is 10.2. The maximum atomic E-state index is 5.16. The highest BCUT2D eigenvalue weighted by atomic mass is 16.5. The molecular formula is C10H20N4O2. The number of nitrogens with zero attached hydrogens (tertiary/aromatic N) is 3. The van der Waals surface area contributed by atoms with Gasteiger partial charge in [0.2, 0.25) is 5.89 Å². The van der Waals surface area contributed by atoms with Crippen molar-refractivity contribution in [3.8, 4) is 0 Å². The second-order valence-corrected chi connectivity index (χ2v) is 3.99. The fourth-order valence-electron chi connectivity index (χ4n) is 1.38. The molecule has 1 atom stereocenters. The minimum absolute atomic E-state index is 0.206. The number of nitrogens with one attached hydrogen (secondary N) is 1. The van der Waals surface area contributed by atoms with E-state index in [2.05, 4.69) is 15.5 Å². The van der Waals surface area contributed by atoms with E-state index in [4.69, 9.17) is 9.26 Å². The Morgan fingerprint density at radius 1 is 1.50 bits per heavy atom. The van der Waals surface area contributed by atoms with Gasteiger partial charge in [0.15, 0.2) is 5.82 Å². The van der Waals surface area contributed by atoms with Gasteiger partial charge >= 0.3 is 0 Å². The Morgan fingerprint density at radius 2 is 2.25 bits per heavy atom. The highest BCUT2D eigenvalue weighted by Gasteiger charge is 2.13. The molecule has 1 aromatic heterocycles. The number of rotatable bonds is 7. The van der Waals surface area contributed by atoms with Gasteiger partial charge in [0.1, 0.15) is 0 Å². The molecule has 0 saturated carbocycles. The van der Waals surface area contributed by atoms with E-state index in [-0.39, 0.29) is 6.04 Å². The van der Waals surface area contributed by atoms with Gasteiger partial charge in [-0.15, -0.1) is 0 Å². The van der Waals surface area contributed by atoms with Crippen LogP contribution in [-0.2, 0) is 17.7 Å². The molecule has 0 saturated heterocycles. The van der Waals surface area contributed by atoms with Gasteiger partial charge in [0.25, 0.3) is 0 Å². The standard InChI is InChI=1S/C10H20N4O2/c1-11-8(7-15-4)5-10-12-9(13-16-10)6-14(2)3/h8,11H,5-7H2,1-4H3. The molecule has 6 nitrogen and oxygen atoms in total. The zero-order valence-corrected chi connectivity index (χ0v) is 10.4. The van der Waals surface area contributed by atoms with Crippen molar-refractivity contribution < 1.29 is 9.26 Å². The third-order valence-electron chi connectivity index (χ3n) is 2.16. The number of methoxy groups -OCH3 is 1. The Bertz CT molecular complexity index is 301. The van der Waals surface area contributed by atoms with E-state index in [1.807, 2.05) is 26.0 Å². The molecule has 0 amide bonds. The van der Waals surface area contributed by atoms with E-state index >= 15 is 0 Å². The van der Waals surface area contributed by atoms with Crippen molar-refractivity contribution in [2.75, 3.05) is 34.9 Å². The van der Waals surface area contributed by atoms with Crippen molar-refractivity contribution in [1.29, 1.82) is 0 Å². The predicted molar refractivity (Wildman–Crippen MR) is 60.1 cm³/mol. The number of ether oxygens (including phenoxy) is 1. The Hall–Kier alpha value is -0.980. The Morgan fingerprint density at radius 3 is 2.81 bits per heavy atom. The van der Waals surface area contributed by atoms with Crippen LogP contribution < -0.4 is 5.32 Å². The van der Waals surface area contributed by atoms with Gasteiger partial charge < -0.3 is 19.5 Å². The van der Waals surface area contributed by atoms with Gasteiger partial charge in [0.05, 0.1) is 13.2 Å². The smallest absolute Gasteiger partial charge is 0.228 e. The average Bonchev–Trinajstić information content (AvgIpc) is 2.64. The van der Waals surface area contributed by atoms with Crippen LogP contribution in [0.1, 0.15) is 11.7 Å². The summed E-state index contributed by atoms with van der Waals surface area (Å²) in [5.74, 6) is 1.36. The maximum absolute atomic E-state index is 5.16. The number of hydrogen-bond acceptors (Lipinski definition) is 6. The van der Waals surface area contributed by atoms with Crippen LogP contribution in [0, 0.1) is 0 Å². The Kier molecular flexibility index (Phi) is 5.37. The molecule has 0 fully saturated rings. The van der Waals surface area contributed by atoms with E-state index in [1.54, 1.807) is 7.11 Å². The summed E-state index contributed by atoms with van der Waals surface area (Å²) in [6, 6.07) is 0.206. The monoisotopic (exact) mass is 228 g/mol. The van der Waals surface area contributed by atoms with Crippen LogP contribution in [0.3, 0.4) is 0 Å². The van der Waals surface area contributed by atoms with Gasteiger partial charge in [-0.25, -0.2) is 0 Å². The lowest BCUT2D eigenvalue weighted by atomic mass is 10.2. The third kappa shape index (κ3) is 4.26. The van der Waals surface area contributed by atoms with Gasteiger partial charge in [-0.1, -0.05) is 5.16 Å². The molecular weight excluding hydrogens is 208 g/mol. The van der Waals surface area contributed by atoms with Gasteiger partial charge in [0, 0.05) is 19.6 Å². The largest absolute Gasteiger partial charge is 0.383 e. The highest BCUT2D eigenvalue weighted by Crippen LogP contribution is 2.03. The molecule has 0 aromatic carbocycles. The molecule has 0 aliphatic carbocycles. The first-order chi connectivity index (χ1) is 7.65. The molecule has 1 aromatic rings. The highest BCUT2D eigenvalue weighted by molar-refractivity contribution is 4.89. The summed E-state index contributed by atoms with van der Waals surface area (Å²) in [6.07, 6.45) is 0.685. The van der Waals surface area contributed by atoms with Crippen molar-refractivity contribution in [1.82, 2.24) is 20.4 Å². The van der Waals surface area contributed by atoms with Crippen molar-refractivity contribution in [3.63, 3.8) is 0 Å². The van der Waals surface area contributed by atoms with Crippen LogP contribution in [0.5, 0.6) is 0 Å². The Balaban J connectivity index is 2.50. The molecule has 1 rings (SSSR count). The minimum atomic E-state index is 0.206. The maximum Gasteiger partial charge on any atom is 0.228 e. The molecule has 16 heavy (non-hydrogen) atoms. The number of hydrogen-bond donors (Lipinski definition) is 1. The first-order valence-electron chi connectivity index (χ1n) is 5.28. The van der Waals surface area contributed by atoms with Gasteiger partial charge in [-0.2, -0.15) is 4.98 Å². The number of aromatic nitrogens is 2. The average molecular weight is 228 g/mol. The molecule has 0 bridgehead atoms. The van der Waals surface area contributed by atoms with Gasteiger partial charge in [-0.05, 0) is 21.1 Å². The first-order valence-corrected chi connectivity index (χ1v) is 5.28. The zero-order valence-electron chi connectivity index (χ0n) is 10.4. The van der Waals surface area contributed by atoms with Crippen LogP contribution >= 0.6 is 0 Å². The molecule has 1 N–H and O–H groups in total. The molecule has 1 heterocycles. The fraction of sp³-hybridized carbons (Fsp3) is 0.800. The van der Waals surface area contributed by atoms with E-state index in [9.17, 15) is 0 Å². The van der Waals surface area contributed by atoms with Crippen LogP contribution in [0.15, 0.2) is 4.52 Å². The second kappa shape index (κ2) is 6.57. The second-order valence-electron chi connectivity index (χ2n) is 3.99. The van der Waals surface area contributed by atoms with Gasteiger partial charge in [-0.3, -0.25) is 0 Å². The lowest BCUT2D eigenvalue weighted by molar-refractivity contribution is 0.165. The SMILES string of the molecule is CNC(COC)Cc1nc(CN(C)C)no1. The van der Waals surface area contributed by atoms with Crippen LogP contribution in [0.2, 0.25) is 0 Å². The van der Waals surface area contributed by atoms with Crippen molar-refractivity contribution in [2.45, 2.75) is 19.0 Å². The van der Waals surface area contributed by atoms with Crippen molar-refractivity contribution >= 4 is 0 Å². The summed E-state index contributed by atoms with van der Waals surface area (Å²) in [5, 5.41) is 7.05. The number of likely N-dealkylation sites (N-methyl/N-ethyl adjacent to an activating group) is 1.